The van der Waals surface area contributed by atoms with Crippen LogP contribution in [0.1, 0.15) is 22.3 Å². The highest BCUT2D eigenvalue weighted by atomic mass is 16.6. The van der Waals surface area contributed by atoms with Crippen LogP contribution in [0.2, 0.25) is 0 Å². The second kappa shape index (κ2) is 10.6. The van der Waals surface area contributed by atoms with Crippen LogP contribution < -0.4 is 18.9 Å². The molecule has 182 valence electrons. The van der Waals surface area contributed by atoms with Gasteiger partial charge in [0.15, 0.2) is 11.5 Å². The second-order valence-corrected chi connectivity index (χ2v) is 6.96. The molecule has 1 aromatic heterocycles. The van der Waals surface area contributed by atoms with Gasteiger partial charge in [-0.3, -0.25) is 14.9 Å². The van der Waals surface area contributed by atoms with E-state index in [-0.39, 0.29) is 53.2 Å². The van der Waals surface area contributed by atoms with Gasteiger partial charge in [-0.2, -0.15) is 4.98 Å². The maximum Gasteiger partial charge on any atom is 0.429 e. The molecule has 0 unspecified atom stereocenters. The third-order valence-electron chi connectivity index (χ3n) is 5.08. The third-order valence-corrected chi connectivity index (χ3v) is 5.08. The molecule has 2 heterocycles. The van der Waals surface area contributed by atoms with Gasteiger partial charge in [0.05, 0.1) is 45.0 Å². The van der Waals surface area contributed by atoms with Gasteiger partial charge in [0, 0.05) is 19.2 Å². The third kappa shape index (κ3) is 4.87. The van der Waals surface area contributed by atoms with E-state index in [0.717, 1.165) is 5.01 Å². The number of hydrogen-bond acceptors (Lipinski definition) is 10. The fraction of sp³-hybridized carbons (Fsp3) is 0.381. The van der Waals surface area contributed by atoms with Crippen LogP contribution in [0, 0.1) is 10.1 Å². The van der Waals surface area contributed by atoms with E-state index >= 15 is 0 Å². The largest absolute Gasteiger partial charge is 0.493 e. The van der Waals surface area contributed by atoms with E-state index < -0.39 is 23.5 Å². The van der Waals surface area contributed by atoms with E-state index in [9.17, 15) is 19.7 Å². The SMILES string of the molecule is COc1ccc(C(=O)N2CCCN2C(=O)OCc2cc(OC)c(OC)cc2[N+](=O)[O-])c(OC)n1. The minimum atomic E-state index is -0.838. The molecule has 0 atom stereocenters. The lowest BCUT2D eigenvalue weighted by atomic mass is 10.1. The molecule has 0 saturated carbocycles. The summed E-state index contributed by atoms with van der Waals surface area (Å²) in [5.74, 6) is 0.213. The van der Waals surface area contributed by atoms with Gasteiger partial charge in [-0.25, -0.2) is 14.8 Å². The summed E-state index contributed by atoms with van der Waals surface area (Å²) in [6.07, 6.45) is -0.321. The van der Waals surface area contributed by atoms with Gasteiger partial charge >= 0.3 is 6.09 Å². The number of benzene rings is 1. The molecule has 13 heteroatoms. The lowest BCUT2D eigenvalue weighted by molar-refractivity contribution is -0.385. The number of nitro benzene ring substituents is 1. The number of carbonyl (C=O) groups excluding carboxylic acids is 2. The standard InChI is InChI=1S/C21H24N4O9/c1-30-16-10-13(15(25(28)29)11-17(16)31-2)12-34-21(27)24-9-5-8-23(24)20(26)14-6-7-18(32-3)22-19(14)33-4/h6-7,10-11H,5,8-9,12H2,1-4H3. The predicted molar refractivity (Wildman–Crippen MR) is 116 cm³/mol. The molecule has 0 spiro atoms. The Morgan fingerprint density at radius 1 is 1.00 bits per heavy atom. The first-order chi connectivity index (χ1) is 16.3. The Bertz CT molecular complexity index is 1090. The number of methoxy groups -OCH3 is 4. The first kappa shape index (κ1) is 24.4. The summed E-state index contributed by atoms with van der Waals surface area (Å²) in [4.78, 5) is 40.9. The minimum absolute atomic E-state index is 0.0468. The number of rotatable bonds is 8. The van der Waals surface area contributed by atoms with Crippen molar-refractivity contribution >= 4 is 17.7 Å². The number of carbonyl (C=O) groups is 2. The summed E-state index contributed by atoms with van der Waals surface area (Å²) < 4.78 is 25.8. The maximum atomic E-state index is 13.1. The topological polar surface area (TPSA) is 143 Å². The summed E-state index contributed by atoms with van der Waals surface area (Å²) in [6.45, 7) is 0.0750. The minimum Gasteiger partial charge on any atom is -0.493 e. The Labute approximate surface area is 194 Å². The van der Waals surface area contributed by atoms with Crippen molar-refractivity contribution in [2.24, 2.45) is 0 Å². The van der Waals surface area contributed by atoms with E-state index in [1.54, 1.807) is 0 Å². The van der Waals surface area contributed by atoms with Crippen molar-refractivity contribution in [2.75, 3.05) is 41.5 Å². The highest BCUT2D eigenvalue weighted by Crippen LogP contribution is 2.35. The Morgan fingerprint density at radius 2 is 1.68 bits per heavy atom. The van der Waals surface area contributed by atoms with Crippen LogP contribution in [0.3, 0.4) is 0 Å². The molecule has 3 rings (SSSR count). The smallest absolute Gasteiger partial charge is 0.429 e. The molecule has 1 fully saturated rings. The Hall–Kier alpha value is -4.29. The predicted octanol–water partition coefficient (Wildman–Crippen LogP) is 2.42. The zero-order valence-corrected chi connectivity index (χ0v) is 19.1. The van der Waals surface area contributed by atoms with Crippen molar-refractivity contribution in [3.8, 4) is 23.3 Å². The van der Waals surface area contributed by atoms with Crippen LogP contribution in [0.25, 0.3) is 0 Å². The van der Waals surface area contributed by atoms with Gasteiger partial charge in [-0.05, 0) is 18.6 Å². The molecule has 13 nitrogen and oxygen atoms in total. The van der Waals surface area contributed by atoms with Gasteiger partial charge in [0.2, 0.25) is 11.8 Å². The molecule has 0 bridgehead atoms. The molecule has 2 aromatic rings. The number of hydrazine groups is 1. The van der Waals surface area contributed by atoms with Gasteiger partial charge in [0.25, 0.3) is 11.6 Å². The highest BCUT2D eigenvalue weighted by Gasteiger charge is 2.34. The molecular weight excluding hydrogens is 452 g/mol. The van der Waals surface area contributed by atoms with Crippen molar-refractivity contribution in [1.82, 2.24) is 15.0 Å². The van der Waals surface area contributed by atoms with Crippen molar-refractivity contribution in [3.63, 3.8) is 0 Å². The maximum absolute atomic E-state index is 13.1. The zero-order chi connectivity index (χ0) is 24.8. The summed E-state index contributed by atoms with van der Waals surface area (Å²) in [5.41, 5.74) is -0.0542. The summed E-state index contributed by atoms with van der Waals surface area (Å²) in [7, 11) is 5.54. The fourth-order valence-corrected chi connectivity index (χ4v) is 3.42. The van der Waals surface area contributed by atoms with Gasteiger partial charge in [0.1, 0.15) is 12.2 Å². The molecule has 1 aliphatic heterocycles. The summed E-state index contributed by atoms with van der Waals surface area (Å²) in [5, 5.41) is 13.8. The van der Waals surface area contributed by atoms with E-state index in [1.165, 1.54) is 57.7 Å². The van der Waals surface area contributed by atoms with Crippen LogP contribution in [-0.4, -0.2) is 73.5 Å². The summed E-state index contributed by atoms with van der Waals surface area (Å²) >= 11 is 0. The van der Waals surface area contributed by atoms with E-state index in [1.807, 2.05) is 0 Å². The van der Waals surface area contributed by atoms with E-state index in [0.29, 0.717) is 6.42 Å². The monoisotopic (exact) mass is 476 g/mol. The molecule has 0 N–H and O–H groups in total. The number of pyridine rings is 1. The first-order valence-electron chi connectivity index (χ1n) is 10.1. The van der Waals surface area contributed by atoms with E-state index in [4.69, 9.17) is 23.7 Å². The lowest BCUT2D eigenvalue weighted by Crippen LogP contribution is -2.45. The lowest BCUT2D eigenvalue weighted by Gasteiger charge is -2.27. The Kier molecular flexibility index (Phi) is 7.56. The Balaban J connectivity index is 1.78. The highest BCUT2D eigenvalue weighted by molar-refractivity contribution is 5.97. The summed E-state index contributed by atoms with van der Waals surface area (Å²) in [6, 6.07) is 5.55. The Morgan fingerprint density at radius 3 is 2.29 bits per heavy atom. The van der Waals surface area contributed by atoms with Crippen LogP contribution in [0.15, 0.2) is 24.3 Å². The van der Waals surface area contributed by atoms with Crippen molar-refractivity contribution in [3.05, 3.63) is 45.5 Å². The van der Waals surface area contributed by atoms with Crippen molar-refractivity contribution < 1.29 is 38.2 Å². The molecule has 0 aliphatic carbocycles. The number of hydrogen-bond donors (Lipinski definition) is 0. The zero-order valence-electron chi connectivity index (χ0n) is 19.1. The number of amides is 2. The van der Waals surface area contributed by atoms with Crippen LogP contribution in [-0.2, 0) is 11.3 Å². The van der Waals surface area contributed by atoms with Crippen molar-refractivity contribution in [1.29, 1.82) is 0 Å². The number of nitrogens with zero attached hydrogens (tertiary/aromatic N) is 4. The van der Waals surface area contributed by atoms with E-state index in [2.05, 4.69) is 4.98 Å². The van der Waals surface area contributed by atoms with Crippen LogP contribution >= 0.6 is 0 Å². The first-order valence-corrected chi connectivity index (χ1v) is 10.1. The number of aromatic nitrogens is 1. The molecule has 1 saturated heterocycles. The normalized spacial score (nSPS) is 12.8. The molecular formula is C21H24N4O9. The molecule has 1 aromatic carbocycles. The second-order valence-electron chi connectivity index (χ2n) is 6.96. The number of ether oxygens (including phenoxy) is 5. The number of nitro groups is 1. The van der Waals surface area contributed by atoms with Crippen molar-refractivity contribution in [2.45, 2.75) is 13.0 Å². The average Bonchev–Trinajstić information content (AvgIpc) is 3.35. The van der Waals surface area contributed by atoms with Gasteiger partial charge in [-0.1, -0.05) is 0 Å². The fourth-order valence-electron chi connectivity index (χ4n) is 3.42. The average molecular weight is 476 g/mol. The molecule has 34 heavy (non-hydrogen) atoms. The molecule has 1 aliphatic rings. The van der Waals surface area contributed by atoms with Crippen LogP contribution in [0.4, 0.5) is 10.5 Å². The quantitative estimate of drug-likeness (QED) is 0.412. The van der Waals surface area contributed by atoms with Gasteiger partial charge < -0.3 is 23.7 Å². The molecule has 0 radical (unpaired) electrons. The van der Waals surface area contributed by atoms with Crippen LogP contribution in [0.5, 0.6) is 23.3 Å². The van der Waals surface area contributed by atoms with Gasteiger partial charge in [-0.15, -0.1) is 0 Å². The molecule has 2 amide bonds.